The predicted octanol–water partition coefficient (Wildman–Crippen LogP) is 2.79. The lowest BCUT2D eigenvalue weighted by Crippen LogP contribution is -2.39. The van der Waals surface area contributed by atoms with Crippen LogP contribution in [0.4, 0.5) is 5.69 Å². The lowest BCUT2D eigenvalue weighted by molar-refractivity contribution is -0.384. The summed E-state index contributed by atoms with van der Waals surface area (Å²) in [5.74, 6) is -0.392. The normalized spacial score (nSPS) is 17.2. The molecule has 0 spiro atoms. The second-order valence-electron chi connectivity index (χ2n) is 5.50. The van der Waals surface area contributed by atoms with Gasteiger partial charge in [0.05, 0.1) is 10.5 Å². The van der Waals surface area contributed by atoms with Crippen LogP contribution in [0.2, 0.25) is 5.02 Å². The fraction of sp³-hybridized carbons (Fsp3) is 0.500. The molecule has 0 aromatic heterocycles. The maximum Gasteiger partial charge on any atom is 0.288 e. The third-order valence-corrected chi connectivity index (χ3v) is 4.19. The van der Waals surface area contributed by atoms with Gasteiger partial charge in [-0.3, -0.25) is 14.9 Å². The van der Waals surface area contributed by atoms with Gasteiger partial charge in [-0.05, 0) is 24.3 Å². The second-order valence-corrected chi connectivity index (χ2v) is 5.88. The van der Waals surface area contributed by atoms with Crippen LogP contribution in [0.1, 0.15) is 30.1 Å². The summed E-state index contributed by atoms with van der Waals surface area (Å²) in [6.07, 6.45) is 1.74. The fourth-order valence-corrected chi connectivity index (χ4v) is 2.55. The Kier molecular flexibility index (Phi) is 4.80. The highest BCUT2D eigenvalue weighted by Crippen LogP contribution is 2.30. The molecule has 21 heavy (non-hydrogen) atoms. The lowest BCUT2D eigenvalue weighted by Gasteiger charge is -2.33. The SMILES string of the molecule is CC1(CNC(=O)c2cccc([N+](=O)[O-])c2Cl)CCOCC1. The maximum atomic E-state index is 12.2. The van der Waals surface area contributed by atoms with E-state index in [-0.39, 0.29) is 21.7 Å². The first kappa shape index (κ1) is 15.7. The predicted molar refractivity (Wildman–Crippen MR) is 78.6 cm³/mol. The molecule has 0 saturated carbocycles. The summed E-state index contributed by atoms with van der Waals surface area (Å²) >= 11 is 5.93. The summed E-state index contributed by atoms with van der Waals surface area (Å²) in [6, 6.07) is 4.21. The van der Waals surface area contributed by atoms with Crippen LogP contribution in [0.5, 0.6) is 0 Å². The molecular formula is C14H17ClN2O4. The van der Waals surface area contributed by atoms with E-state index < -0.39 is 10.8 Å². The molecule has 0 aliphatic carbocycles. The highest BCUT2D eigenvalue weighted by Gasteiger charge is 2.28. The van der Waals surface area contributed by atoms with Crippen LogP contribution in [-0.2, 0) is 4.74 Å². The second kappa shape index (κ2) is 6.41. The van der Waals surface area contributed by atoms with Crippen molar-refractivity contribution >= 4 is 23.2 Å². The van der Waals surface area contributed by atoms with Crippen LogP contribution >= 0.6 is 11.6 Å². The van der Waals surface area contributed by atoms with Crippen molar-refractivity contribution in [2.75, 3.05) is 19.8 Å². The van der Waals surface area contributed by atoms with E-state index in [1.165, 1.54) is 18.2 Å². The van der Waals surface area contributed by atoms with Gasteiger partial charge in [-0.15, -0.1) is 0 Å². The third kappa shape index (κ3) is 3.71. The quantitative estimate of drug-likeness (QED) is 0.684. The number of nitro groups is 1. The van der Waals surface area contributed by atoms with Gasteiger partial charge in [0.25, 0.3) is 11.6 Å². The van der Waals surface area contributed by atoms with Crippen molar-refractivity contribution in [2.45, 2.75) is 19.8 Å². The van der Waals surface area contributed by atoms with Crippen molar-refractivity contribution in [3.05, 3.63) is 38.9 Å². The Morgan fingerprint density at radius 2 is 2.14 bits per heavy atom. The standard InChI is InChI=1S/C14H17ClN2O4/c1-14(5-7-21-8-6-14)9-16-13(18)10-3-2-4-11(12(10)15)17(19)20/h2-4H,5-9H2,1H3,(H,16,18). The average Bonchev–Trinajstić information content (AvgIpc) is 2.45. The van der Waals surface area contributed by atoms with Crippen LogP contribution in [0.3, 0.4) is 0 Å². The van der Waals surface area contributed by atoms with Crippen molar-refractivity contribution in [1.29, 1.82) is 0 Å². The lowest BCUT2D eigenvalue weighted by atomic mass is 9.82. The molecule has 2 rings (SSSR count). The zero-order valence-electron chi connectivity index (χ0n) is 11.7. The Labute approximate surface area is 127 Å². The van der Waals surface area contributed by atoms with E-state index in [1.54, 1.807) is 0 Å². The van der Waals surface area contributed by atoms with E-state index in [0.29, 0.717) is 19.8 Å². The molecule has 114 valence electrons. The minimum atomic E-state index is -0.598. The van der Waals surface area contributed by atoms with Crippen LogP contribution in [0.25, 0.3) is 0 Å². The summed E-state index contributed by atoms with van der Waals surface area (Å²) in [5, 5.41) is 13.5. The Morgan fingerprint density at radius 1 is 1.48 bits per heavy atom. The Bertz CT molecular complexity index is 556. The number of ether oxygens (including phenoxy) is 1. The smallest absolute Gasteiger partial charge is 0.288 e. The van der Waals surface area contributed by atoms with Crippen molar-refractivity contribution < 1.29 is 14.5 Å². The highest BCUT2D eigenvalue weighted by molar-refractivity contribution is 6.35. The number of hydrogen-bond donors (Lipinski definition) is 1. The van der Waals surface area contributed by atoms with Crippen LogP contribution in [-0.4, -0.2) is 30.6 Å². The molecule has 1 N–H and O–H groups in total. The fourth-order valence-electron chi connectivity index (χ4n) is 2.27. The van der Waals surface area contributed by atoms with Gasteiger partial charge in [0.2, 0.25) is 0 Å². The van der Waals surface area contributed by atoms with E-state index >= 15 is 0 Å². The topological polar surface area (TPSA) is 81.5 Å². The van der Waals surface area contributed by atoms with Crippen molar-refractivity contribution in [3.63, 3.8) is 0 Å². The van der Waals surface area contributed by atoms with E-state index in [2.05, 4.69) is 12.2 Å². The molecule has 1 aromatic carbocycles. The van der Waals surface area contributed by atoms with Gasteiger partial charge >= 0.3 is 0 Å². The summed E-state index contributed by atoms with van der Waals surface area (Å²) in [4.78, 5) is 22.4. The third-order valence-electron chi connectivity index (χ3n) is 3.80. The molecule has 1 aliphatic heterocycles. The Hall–Kier alpha value is -1.66. The maximum absolute atomic E-state index is 12.2. The van der Waals surface area contributed by atoms with Gasteiger partial charge in [0.15, 0.2) is 0 Å². The number of hydrogen-bond acceptors (Lipinski definition) is 4. The summed E-state index contributed by atoms with van der Waals surface area (Å²) in [7, 11) is 0. The molecule has 7 heteroatoms. The molecule has 0 bridgehead atoms. The number of carbonyl (C=O) groups excluding carboxylic acids is 1. The first-order valence-electron chi connectivity index (χ1n) is 6.72. The van der Waals surface area contributed by atoms with Gasteiger partial charge in [-0.2, -0.15) is 0 Å². The Balaban J connectivity index is 2.07. The number of benzene rings is 1. The van der Waals surface area contributed by atoms with Crippen molar-refractivity contribution in [1.82, 2.24) is 5.32 Å². The zero-order valence-corrected chi connectivity index (χ0v) is 12.5. The number of halogens is 1. The van der Waals surface area contributed by atoms with E-state index in [4.69, 9.17) is 16.3 Å². The number of amides is 1. The summed E-state index contributed by atoms with van der Waals surface area (Å²) in [5.41, 5.74) is -0.149. The number of nitro benzene ring substituents is 1. The average molecular weight is 313 g/mol. The number of rotatable bonds is 4. The molecule has 1 aromatic rings. The molecular weight excluding hydrogens is 296 g/mol. The molecule has 1 heterocycles. The van der Waals surface area contributed by atoms with Gasteiger partial charge in [-0.1, -0.05) is 24.6 Å². The van der Waals surface area contributed by atoms with Gasteiger partial charge in [0, 0.05) is 25.8 Å². The van der Waals surface area contributed by atoms with Gasteiger partial charge in [0.1, 0.15) is 5.02 Å². The van der Waals surface area contributed by atoms with Gasteiger partial charge < -0.3 is 10.1 Å². The first-order valence-corrected chi connectivity index (χ1v) is 7.10. The molecule has 1 fully saturated rings. The molecule has 0 unspecified atom stereocenters. The van der Waals surface area contributed by atoms with Crippen LogP contribution in [0, 0.1) is 15.5 Å². The number of nitrogens with zero attached hydrogens (tertiary/aromatic N) is 1. The van der Waals surface area contributed by atoms with Crippen molar-refractivity contribution in [3.8, 4) is 0 Å². The van der Waals surface area contributed by atoms with Crippen LogP contribution < -0.4 is 5.32 Å². The van der Waals surface area contributed by atoms with E-state index in [0.717, 1.165) is 12.8 Å². The molecule has 1 amide bonds. The highest BCUT2D eigenvalue weighted by atomic mass is 35.5. The monoisotopic (exact) mass is 312 g/mol. The largest absolute Gasteiger partial charge is 0.381 e. The van der Waals surface area contributed by atoms with Crippen molar-refractivity contribution in [2.24, 2.45) is 5.41 Å². The van der Waals surface area contributed by atoms with Crippen LogP contribution in [0.15, 0.2) is 18.2 Å². The number of carbonyl (C=O) groups is 1. The Morgan fingerprint density at radius 3 is 2.76 bits per heavy atom. The minimum absolute atomic E-state index is 0.0128. The van der Waals surface area contributed by atoms with E-state index in [1.807, 2.05) is 0 Å². The molecule has 0 atom stereocenters. The van der Waals surface area contributed by atoms with Gasteiger partial charge in [-0.25, -0.2) is 0 Å². The summed E-state index contributed by atoms with van der Waals surface area (Å²) < 4.78 is 5.31. The van der Waals surface area contributed by atoms with E-state index in [9.17, 15) is 14.9 Å². The first-order chi connectivity index (χ1) is 9.93. The zero-order chi connectivity index (χ0) is 15.5. The minimum Gasteiger partial charge on any atom is -0.381 e. The summed E-state index contributed by atoms with van der Waals surface area (Å²) in [6.45, 7) is 3.95. The molecule has 0 radical (unpaired) electrons. The molecule has 1 aliphatic rings. The molecule has 1 saturated heterocycles. The molecule has 6 nitrogen and oxygen atoms in total. The number of nitrogens with one attached hydrogen (secondary N) is 1.